The number of carbonyl (C=O) groups excluding carboxylic acids is 2. The Bertz CT molecular complexity index is 838. The average Bonchev–Trinajstić information content (AvgIpc) is 3.07. The molecular weight excluding hydrogens is 302 g/mol. The molecule has 1 heterocycles. The number of hydrogen-bond acceptors (Lipinski definition) is 3. The fraction of sp³-hybridized carbons (Fsp3) is 0.316. The number of amides is 2. The topological polar surface area (TPSA) is 73.2 Å². The lowest BCUT2D eigenvalue weighted by Gasteiger charge is -2.19. The van der Waals surface area contributed by atoms with E-state index in [9.17, 15) is 9.59 Å². The predicted octanol–water partition coefficient (Wildman–Crippen LogP) is 2.39. The zero-order valence-electron chi connectivity index (χ0n) is 13.6. The summed E-state index contributed by atoms with van der Waals surface area (Å²) in [5.74, 6) is -0.476. The van der Waals surface area contributed by atoms with E-state index in [0.717, 1.165) is 22.8 Å². The van der Waals surface area contributed by atoms with Crippen molar-refractivity contribution in [2.75, 3.05) is 13.1 Å². The number of fused-ring (bicyclic) bond motifs is 1. The Morgan fingerprint density at radius 1 is 1.33 bits per heavy atom. The molecule has 5 heteroatoms. The first kappa shape index (κ1) is 16.0. The lowest BCUT2D eigenvalue weighted by Crippen LogP contribution is -2.42. The second-order valence-electron chi connectivity index (χ2n) is 6.09. The molecule has 1 aliphatic heterocycles. The minimum Gasteiger partial charge on any atom is -0.343 e. The van der Waals surface area contributed by atoms with Crippen LogP contribution in [-0.2, 0) is 4.79 Å². The maximum Gasteiger partial charge on any atom is 0.252 e. The van der Waals surface area contributed by atoms with E-state index in [4.69, 9.17) is 5.26 Å². The van der Waals surface area contributed by atoms with E-state index in [0.29, 0.717) is 18.5 Å². The van der Waals surface area contributed by atoms with E-state index in [1.54, 1.807) is 11.0 Å². The van der Waals surface area contributed by atoms with Crippen molar-refractivity contribution in [3.05, 3.63) is 47.5 Å². The van der Waals surface area contributed by atoms with E-state index in [1.165, 1.54) is 0 Å². The van der Waals surface area contributed by atoms with E-state index >= 15 is 0 Å². The number of nitrogens with zero attached hydrogens (tertiary/aromatic N) is 2. The van der Waals surface area contributed by atoms with Gasteiger partial charge >= 0.3 is 0 Å². The normalized spacial score (nSPS) is 16.8. The van der Waals surface area contributed by atoms with Crippen LogP contribution >= 0.6 is 0 Å². The Kier molecular flexibility index (Phi) is 4.48. The predicted molar refractivity (Wildman–Crippen MR) is 91.4 cm³/mol. The van der Waals surface area contributed by atoms with Crippen molar-refractivity contribution in [3.8, 4) is 6.07 Å². The average molecular weight is 321 g/mol. The monoisotopic (exact) mass is 321 g/mol. The maximum atomic E-state index is 12.5. The SMILES string of the molecule is Cc1ccc2cccc(C(=O)NCC(=O)N3CCCC3C#N)c2c1. The fourth-order valence-corrected chi connectivity index (χ4v) is 3.14. The number of nitrogens with one attached hydrogen (secondary N) is 1. The summed E-state index contributed by atoms with van der Waals surface area (Å²) in [5, 5.41) is 13.6. The van der Waals surface area contributed by atoms with Crippen LogP contribution in [0.4, 0.5) is 0 Å². The number of likely N-dealkylation sites (tertiary alicyclic amines) is 1. The largest absolute Gasteiger partial charge is 0.343 e. The number of hydrogen-bond donors (Lipinski definition) is 1. The quantitative estimate of drug-likeness (QED) is 0.943. The summed E-state index contributed by atoms with van der Waals surface area (Å²) < 4.78 is 0. The summed E-state index contributed by atoms with van der Waals surface area (Å²) in [7, 11) is 0. The molecule has 0 aliphatic carbocycles. The third kappa shape index (κ3) is 3.09. The third-order valence-corrected chi connectivity index (χ3v) is 4.40. The van der Waals surface area contributed by atoms with Crippen LogP contribution in [0.2, 0.25) is 0 Å². The molecular formula is C19H19N3O2. The van der Waals surface area contributed by atoms with Crippen molar-refractivity contribution in [1.82, 2.24) is 10.2 Å². The molecule has 0 bridgehead atoms. The Morgan fingerprint density at radius 2 is 2.17 bits per heavy atom. The van der Waals surface area contributed by atoms with E-state index < -0.39 is 0 Å². The van der Waals surface area contributed by atoms with Crippen LogP contribution in [0, 0.1) is 18.3 Å². The highest BCUT2D eigenvalue weighted by atomic mass is 16.2. The van der Waals surface area contributed by atoms with Crippen LogP contribution in [0.1, 0.15) is 28.8 Å². The second-order valence-corrected chi connectivity index (χ2v) is 6.09. The molecule has 1 fully saturated rings. The van der Waals surface area contributed by atoms with Gasteiger partial charge in [0, 0.05) is 12.1 Å². The zero-order chi connectivity index (χ0) is 17.1. The van der Waals surface area contributed by atoms with E-state index in [-0.39, 0.29) is 24.4 Å². The van der Waals surface area contributed by atoms with Crippen molar-refractivity contribution in [2.24, 2.45) is 0 Å². The molecule has 0 saturated carbocycles. The first-order chi connectivity index (χ1) is 11.6. The van der Waals surface area contributed by atoms with E-state index in [2.05, 4.69) is 11.4 Å². The summed E-state index contributed by atoms with van der Waals surface area (Å²) >= 11 is 0. The summed E-state index contributed by atoms with van der Waals surface area (Å²) in [6.07, 6.45) is 1.54. The Hall–Kier alpha value is -2.87. The van der Waals surface area contributed by atoms with Gasteiger partial charge in [-0.05, 0) is 36.6 Å². The Morgan fingerprint density at radius 3 is 2.96 bits per heavy atom. The van der Waals surface area contributed by atoms with Gasteiger partial charge in [-0.25, -0.2) is 0 Å². The standard InChI is InChI=1S/C19H19N3O2/c1-13-7-8-14-4-2-6-16(17(14)10-13)19(24)21-12-18(23)22-9-3-5-15(22)11-20/h2,4,6-8,10,15H,3,5,9,12H2,1H3,(H,21,24). The number of benzene rings is 2. The molecule has 0 radical (unpaired) electrons. The second kappa shape index (κ2) is 6.71. The smallest absolute Gasteiger partial charge is 0.252 e. The molecule has 24 heavy (non-hydrogen) atoms. The van der Waals surface area contributed by atoms with Crippen molar-refractivity contribution in [3.63, 3.8) is 0 Å². The van der Waals surface area contributed by atoms with Gasteiger partial charge in [0.25, 0.3) is 5.91 Å². The Balaban J connectivity index is 1.73. The summed E-state index contributed by atoms with van der Waals surface area (Å²) in [6, 6.07) is 13.3. The van der Waals surface area contributed by atoms with Gasteiger partial charge in [-0.1, -0.05) is 35.9 Å². The van der Waals surface area contributed by atoms with Crippen molar-refractivity contribution in [2.45, 2.75) is 25.8 Å². The molecule has 5 nitrogen and oxygen atoms in total. The van der Waals surface area contributed by atoms with Gasteiger partial charge in [0.15, 0.2) is 0 Å². The van der Waals surface area contributed by atoms with Crippen LogP contribution in [0.3, 0.4) is 0 Å². The minimum atomic E-state index is -0.366. The van der Waals surface area contributed by atoms with E-state index in [1.807, 2.05) is 37.3 Å². The van der Waals surface area contributed by atoms with Gasteiger partial charge in [-0.2, -0.15) is 5.26 Å². The van der Waals surface area contributed by atoms with Gasteiger partial charge in [0.2, 0.25) is 5.91 Å². The van der Waals surface area contributed by atoms with Crippen LogP contribution in [0.25, 0.3) is 10.8 Å². The van der Waals surface area contributed by atoms with Crippen LogP contribution in [0.15, 0.2) is 36.4 Å². The number of aryl methyl sites for hydroxylation is 1. The molecule has 0 aromatic heterocycles. The summed E-state index contributed by atoms with van der Waals surface area (Å²) in [6.45, 7) is 2.48. The van der Waals surface area contributed by atoms with Gasteiger partial charge in [0.1, 0.15) is 6.04 Å². The molecule has 2 aromatic carbocycles. The molecule has 122 valence electrons. The van der Waals surface area contributed by atoms with Gasteiger partial charge in [-0.15, -0.1) is 0 Å². The summed E-state index contributed by atoms with van der Waals surface area (Å²) in [4.78, 5) is 26.3. The number of nitriles is 1. The molecule has 2 amide bonds. The zero-order valence-corrected chi connectivity index (χ0v) is 13.6. The van der Waals surface area contributed by atoms with Crippen molar-refractivity contribution in [1.29, 1.82) is 5.26 Å². The molecule has 1 N–H and O–H groups in total. The van der Waals surface area contributed by atoms with Crippen LogP contribution < -0.4 is 5.32 Å². The minimum absolute atomic E-state index is 0.0841. The number of carbonyl (C=O) groups is 2. The maximum absolute atomic E-state index is 12.5. The lowest BCUT2D eigenvalue weighted by molar-refractivity contribution is -0.130. The van der Waals surface area contributed by atoms with Crippen molar-refractivity contribution < 1.29 is 9.59 Å². The fourth-order valence-electron chi connectivity index (χ4n) is 3.14. The highest BCUT2D eigenvalue weighted by Gasteiger charge is 2.28. The highest BCUT2D eigenvalue weighted by Crippen LogP contribution is 2.20. The molecule has 0 spiro atoms. The van der Waals surface area contributed by atoms with Crippen LogP contribution in [0.5, 0.6) is 0 Å². The molecule has 2 aromatic rings. The Labute approximate surface area is 140 Å². The molecule has 1 saturated heterocycles. The number of rotatable bonds is 3. The lowest BCUT2D eigenvalue weighted by atomic mass is 10.0. The van der Waals surface area contributed by atoms with Gasteiger partial charge < -0.3 is 10.2 Å². The first-order valence-corrected chi connectivity index (χ1v) is 8.07. The highest BCUT2D eigenvalue weighted by molar-refractivity contribution is 6.08. The van der Waals surface area contributed by atoms with Gasteiger partial charge in [-0.3, -0.25) is 9.59 Å². The van der Waals surface area contributed by atoms with Crippen molar-refractivity contribution >= 4 is 22.6 Å². The third-order valence-electron chi connectivity index (χ3n) is 4.40. The molecule has 3 rings (SSSR count). The first-order valence-electron chi connectivity index (χ1n) is 8.07. The summed E-state index contributed by atoms with van der Waals surface area (Å²) in [5.41, 5.74) is 1.63. The van der Waals surface area contributed by atoms with Crippen LogP contribution in [-0.4, -0.2) is 35.8 Å². The van der Waals surface area contributed by atoms with Gasteiger partial charge in [0.05, 0.1) is 12.6 Å². The molecule has 1 aliphatic rings. The molecule has 1 atom stereocenters. The molecule has 1 unspecified atom stereocenters.